The van der Waals surface area contributed by atoms with Crippen LogP contribution in [-0.2, 0) is 0 Å². The normalized spacial score (nSPS) is 17.1. The van der Waals surface area contributed by atoms with E-state index < -0.39 is 12.1 Å². The van der Waals surface area contributed by atoms with Crippen LogP contribution in [0.15, 0.2) is 10.8 Å². The molecule has 0 aromatic carbocycles. The lowest BCUT2D eigenvalue weighted by Gasteiger charge is -2.34. The van der Waals surface area contributed by atoms with Crippen LogP contribution in [0, 0.1) is 5.92 Å². The zero-order valence-electron chi connectivity index (χ0n) is 11.8. The van der Waals surface area contributed by atoms with Crippen molar-refractivity contribution in [2.75, 3.05) is 29.9 Å². The van der Waals surface area contributed by atoms with Crippen LogP contribution in [0.4, 0.5) is 24.8 Å². The highest BCUT2D eigenvalue weighted by molar-refractivity contribution is 9.10. The number of hydrogen-bond acceptors (Lipinski definition) is 4. The molecule has 2 heterocycles. The van der Waals surface area contributed by atoms with Gasteiger partial charge in [-0.15, -0.1) is 0 Å². The highest BCUT2D eigenvalue weighted by Gasteiger charge is 2.41. The van der Waals surface area contributed by atoms with Gasteiger partial charge in [0.2, 0.25) is 0 Å². The molecule has 1 aromatic heterocycles. The fraction of sp³-hybridized carbons (Fsp3) is 0.692. The molecule has 1 fully saturated rings. The summed E-state index contributed by atoms with van der Waals surface area (Å²) >= 11 is 3.45. The fourth-order valence-corrected chi connectivity index (χ4v) is 2.96. The maximum atomic E-state index is 12.7. The summed E-state index contributed by atoms with van der Waals surface area (Å²) in [6.07, 6.45) is -1.48. The molecule has 4 nitrogen and oxygen atoms in total. The van der Waals surface area contributed by atoms with Crippen molar-refractivity contribution in [3.8, 4) is 0 Å². The zero-order chi connectivity index (χ0) is 15.5. The second kappa shape index (κ2) is 6.81. The number of anilines is 2. The van der Waals surface area contributed by atoms with Crippen LogP contribution in [0.2, 0.25) is 0 Å². The molecule has 0 bridgehead atoms. The average Bonchev–Trinajstić information content (AvgIpc) is 2.45. The van der Waals surface area contributed by atoms with Crippen molar-refractivity contribution in [2.45, 2.75) is 32.4 Å². The van der Waals surface area contributed by atoms with E-state index in [-0.39, 0.29) is 12.8 Å². The molecule has 1 N–H and O–H groups in total. The van der Waals surface area contributed by atoms with E-state index in [4.69, 9.17) is 0 Å². The van der Waals surface area contributed by atoms with Gasteiger partial charge in [-0.2, -0.15) is 13.2 Å². The number of piperidine rings is 1. The maximum Gasteiger partial charge on any atom is 0.391 e. The molecular weight excluding hydrogens is 349 g/mol. The Morgan fingerprint density at radius 3 is 2.57 bits per heavy atom. The van der Waals surface area contributed by atoms with Gasteiger partial charge in [-0.3, -0.25) is 0 Å². The van der Waals surface area contributed by atoms with E-state index in [1.165, 1.54) is 6.33 Å². The summed E-state index contributed by atoms with van der Waals surface area (Å²) in [7, 11) is 0. The Morgan fingerprint density at radius 1 is 1.33 bits per heavy atom. The Morgan fingerprint density at radius 2 is 2.00 bits per heavy atom. The molecule has 2 rings (SSSR count). The van der Waals surface area contributed by atoms with Crippen molar-refractivity contribution in [3.05, 3.63) is 10.8 Å². The predicted octanol–water partition coefficient (Wildman–Crippen LogP) is 3.84. The molecule has 0 radical (unpaired) electrons. The zero-order valence-corrected chi connectivity index (χ0v) is 13.3. The summed E-state index contributed by atoms with van der Waals surface area (Å²) in [5.74, 6) is 0.135. The largest absolute Gasteiger partial charge is 0.391 e. The lowest BCUT2D eigenvalue weighted by molar-refractivity contribution is -0.179. The standard InChI is InChI=1S/C13H18BrF3N4/c1-2-5-18-11-10(14)12(20-8-19-11)21-6-3-9(4-7-21)13(15,16)17/h8-9H,2-7H2,1H3,(H,18,19,20). The third kappa shape index (κ3) is 3.99. The van der Waals surface area contributed by atoms with Gasteiger partial charge in [-0.1, -0.05) is 6.92 Å². The average molecular weight is 367 g/mol. The van der Waals surface area contributed by atoms with Gasteiger partial charge >= 0.3 is 6.18 Å². The number of nitrogens with zero attached hydrogens (tertiary/aromatic N) is 3. The fourth-order valence-electron chi connectivity index (χ4n) is 2.37. The Kier molecular flexibility index (Phi) is 5.29. The topological polar surface area (TPSA) is 41.1 Å². The summed E-state index contributed by atoms with van der Waals surface area (Å²) in [5, 5.41) is 3.17. The minimum absolute atomic E-state index is 0.109. The molecule has 0 aliphatic carbocycles. The third-order valence-electron chi connectivity index (χ3n) is 3.57. The van der Waals surface area contributed by atoms with Crippen LogP contribution in [-0.4, -0.2) is 35.8 Å². The molecule has 0 unspecified atom stereocenters. The molecule has 8 heteroatoms. The van der Waals surface area contributed by atoms with Crippen LogP contribution in [0.3, 0.4) is 0 Å². The number of rotatable bonds is 4. The van der Waals surface area contributed by atoms with E-state index in [0.29, 0.717) is 29.2 Å². The molecule has 0 atom stereocenters. The first-order chi connectivity index (χ1) is 9.93. The van der Waals surface area contributed by atoms with Crippen LogP contribution in [0.1, 0.15) is 26.2 Å². The molecule has 1 aromatic rings. The maximum absolute atomic E-state index is 12.7. The Hall–Kier alpha value is -1.05. The third-order valence-corrected chi connectivity index (χ3v) is 4.30. The van der Waals surface area contributed by atoms with Crippen molar-refractivity contribution in [3.63, 3.8) is 0 Å². The molecular formula is C13H18BrF3N4. The summed E-state index contributed by atoms with van der Waals surface area (Å²) in [5.41, 5.74) is 0. The number of halogens is 4. The van der Waals surface area contributed by atoms with Crippen molar-refractivity contribution in [2.24, 2.45) is 5.92 Å². The first-order valence-electron chi connectivity index (χ1n) is 6.99. The Balaban J connectivity index is 2.06. The van der Waals surface area contributed by atoms with Crippen molar-refractivity contribution < 1.29 is 13.2 Å². The summed E-state index contributed by atoms with van der Waals surface area (Å²) < 4.78 is 38.8. The highest BCUT2D eigenvalue weighted by Crippen LogP contribution is 2.37. The number of alkyl halides is 3. The Labute approximate surface area is 130 Å². The molecule has 1 aliphatic rings. The van der Waals surface area contributed by atoms with Gasteiger partial charge in [-0.05, 0) is 35.2 Å². The molecule has 0 amide bonds. The van der Waals surface area contributed by atoms with E-state index in [2.05, 4.69) is 31.2 Å². The highest BCUT2D eigenvalue weighted by atomic mass is 79.9. The quantitative estimate of drug-likeness (QED) is 0.878. The second-order valence-corrected chi connectivity index (χ2v) is 5.88. The molecule has 1 saturated heterocycles. The van der Waals surface area contributed by atoms with Crippen molar-refractivity contribution >= 4 is 27.6 Å². The van der Waals surface area contributed by atoms with Crippen LogP contribution in [0.25, 0.3) is 0 Å². The van der Waals surface area contributed by atoms with Gasteiger partial charge in [0.25, 0.3) is 0 Å². The predicted molar refractivity (Wildman–Crippen MR) is 79.5 cm³/mol. The van der Waals surface area contributed by atoms with Gasteiger partial charge in [0.1, 0.15) is 22.4 Å². The van der Waals surface area contributed by atoms with Crippen molar-refractivity contribution in [1.29, 1.82) is 0 Å². The second-order valence-electron chi connectivity index (χ2n) is 5.09. The van der Waals surface area contributed by atoms with Gasteiger partial charge in [0, 0.05) is 19.6 Å². The van der Waals surface area contributed by atoms with Crippen molar-refractivity contribution in [1.82, 2.24) is 9.97 Å². The van der Waals surface area contributed by atoms with Gasteiger partial charge < -0.3 is 10.2 Å². The van der Waals surface area contributed by atoms with Crippen LogP contribution in [0.5, 0.6) is 0 Å². The summed E-state index contributed by atoms with van der Waals surface area (Å²) in [6.45, 7) is 3.54. The molecule has 1 aliphatic heterocycles. The molecule has 0 spiro atoms. The van der Waals surface area contributed by atoms with Gasteiger partial charge in [0.15, 0.2) is 0 Å². The summed E-state index contributed by atoms with van der Waals surface area (Å²) in [6, 6.07) is 0. The monoisotopic (exact) mass is 366 g/mol. The molecule has 118 valence electrons. The van der Waals surface area contributed by atoms with Crippen LogP contribution < -0.4 is 10.2 Å². The first-order valence-corrected chi connectivity index (χ1v) is 7.78. The van der Waals surface area contributed by atoms with E-state index in [0.717, 1.165) is 13.0 Å². The minimum atomic E-state index is -4.09. The van der Waals surface area contributed by atoms with E-state index in [1.807, 2.05) is 11.8 Å². The number of aromatic nitrogens is 2. The minimum Gasteiger partial charge on any atom is -0.369 e. The number of hydrogen-bond donors (Lipinski definition) is 1. The lowest BCUT2D eigenvalue weighted by Crippen LogP contribution is -2.39. The van der Waals surface area contributed by atoms with E-state index >= 15 is 0 Å². The Bertz CT molecular complexity index is 473. The van der Waals surface area contributed by atoms with Gasteiger partial charge in [0.05, 0.1) is 5.92 Å². The smallest absolute Gasteiger partial charge is 0.369 e. The summed E-state index contributed by atoms with van der Waals surface area (Å²) in [4.78, 5) is 10.2. The lowest BCUT2D eigenvalue weighted by atomic mass is 9.96. The molecule has 21 heavy (non-hydrogen) atoms. The van der Waals surface area contributed by atoms with E-state index in [9.17, 15) is 13.2 Å². The first kappa shape index (κ1) is 16.3. The van der Waals surface area contributed by atoms with Gasteiger partial charge in [-0.25, -0.2) is 9.97 Å². The van der Waals surface area contributed by atoms with Crippen LogP contribution >= 0.6 is 15.9 Å². The number of nitrogens with one attached hydrogen (secondary N) is 1. The molecule has 0 saturated carbocycles. The van der Waals surface area contributed by atoms with E-state index in [1.54, 1.807) is 0 Å². The SMILES string of the molecule is CCCNc1ncnc(N2CCC(C(F)(F)F)CC2)c1Br.